The molecular formula is C25H23N5O. The van der Waals surface area contributed by atoms with Crippen molar-refractivity contribution in [1.29, 1.82) is 0 Å². The van der Waals surface area contributed by atoms with Crippen molar-refractivity contribution < 1.29 is 4.79 Å². The van der Waals surface area contributed by atoms with Crippen LogP contribution in [0.5, 0.6) is 0 Å². The third kappa shape index (κ3) is 4.01. The summed E-state index contributed by atoms with van der Waals surface area (Å²) in [6.45, 7) is 1.64. The van der Waals surface area contributed by atoms with Gasteiger partial charge in [-0.25, -0.2) is 9.97 Å². The van der Waals surface area contributed by atoms with Crippen LogP contribution in [0.3, 0.4) is 0 Å². The second-order valence-electron chi connectivity index (χ2n) is 7.76. The predicted molar refractivity (Wildman–Crippen MR) is 120 cm³/mol. The van der Waals surface area contributed by atoms with Gasteiger partial charge >= 0.3 is 0 Å². The molecule has 31 heavy (non-hydrogen) atoms. The number of carbonyl (C=O) groups excluding carboxylic acids is 1. The maximum absolute atomic E-state index is 13.1. The summed E-state index contributed by atoms with van der Waals surface area (Å²) in [5.41, 5.74) is 4.86. The highest BCUT2D eigenvalue weighted by atomic mass is 16.2. The average molecular weight is 409 g/mol. The normalized spacial score (nSPS) is 14.4. The number of benzene rings is 1. The first-order valence-electron chi connectivity index (χ1n) is 10.7. The van der Waals surface area contributed by atoms with E-state index in [-0.39, 0.29) is 5.91 Å². The number of carbonyl (C=O) groups is 1. The van der Waals surface area contributed by atoms with Crippen molar-refractivity contribution in [2.75, 3.05) is 13.1 Å². The molecule has 1 aliphatic heterocycles. The van der Waals surface area contributed by atoms with Gasteiger partial charge in [-0.05, 0) is 55.3 Å². The lowest BCUT2D eigenvalue weighted by Crippen LogP contribution is -2.31. The van der Waals surface area contributed by atoms with Gasteiger partial charge in [-0.3, -0.25) is 14.8 Å². The molecule has 5 rings (SSSR count). The van der Waals surface area contributed by atoms with Gasteiger partial charge in [0.05, 0.1) is 22.4 Å². The molecule has 0 spiro atoms. The molecule has 0 saturated carbocycles. The molecule has 3 aromatic heterocycles. The smallest absolute Gasteiger partial charge is 0.253 e. The van der Waals surface area contributed by atoms with Crippen molar-refractivity contribution in [3.63, 3.8) is 0 Å². The van der Waals surface area contributed by atoms with Gasteiger partial charge in [0.15, 0.2) is 0 Å². The highest BCUT2D eigenvalue weighted by Crippen LogP contribution is 2.29. The first kappa shape index (κ1) is 19.3. The molecule has 1 fully saturated rings. The largest absolute Gasteiger partial charge is 0.339 e. The first-order valence-corrected chi connectivity index (χ1v) is 10.7. The van der Waals surface area contributed by atoms with Crippen LogP contribution in [0.2, 0.25) is 0 Å². The van der Waals surface area contributed by atoms with E-state index in [0.29, 0.717) is 22.5 Å². The van der Waals surface area contributed by atoms with E-state index in [0.717, 1.165) is 42.8 Å². The third-order valence-corrected chi connectivity index (χ3v) is 5.62. The quantitative estimate of drug-likeness (QED) is 0.487. The molecule has 1 aliphatic rings. The zero-order valence-electron chi connectivity index (χ0n) is 17.2. The van der Waals surface area contributed by atoms with Crippen molar-refractivity contribution in [3.05, 3.63) is 72.6 Å². The molecule has 1 amide bonds. The van der Waals surface area contributed by atoms with E-state index in [2.05, 4.69) is 9.97 Å². The van der Waals surface area contributed by atoms with E-state index in [1.165, 1.54) is 12.8 Å². The number of nitrogens with zero attached hydrogens (tertiary/aromatic N) is 5. The molecule has 6 heteroatoms. The number of hydrogen-bond acceptors (Lipinski definition) is 5. The van der Waals surface area contributed by atoms with Crippen molar-refractivity contribution in [2.24, 2.45) is 0 Å². The number of pyridine rings is 2. The van der Waals surface area contributed by atoms with Crippen LogP contribution in [-0.2, 0) is 0 Å². The van der Waals surface area contributed by atoms with Crippen LogP contribution in [0.4, 0.5) is 0 Å². The van der Waals surface area contributed by atoms with Crippen LogP contribution in [0.1, 0.15) is 36.0 Å². The zero-order chi connectivity index (χ0) is 21.0. The molecule has 0 atom stereocenters. The minimum atomic E-state index is 0.0683. The summed E-state index contributed by atoms with van der Waals surface area (Å²) < 4.78 is 0. The maximum atomic E-state index is 13.1. The number of amides is 1. The lowest BCUT2D eigenvalue weighted by atomic mass is 10.1. The molecule has 4 aromatic rings. The Morgan fingerprint density at radius 1 is 0.710 bits per heavy atom. The summed E-state index contributed by atoms with van der Waals surface area (Å²) >= 11 is 0. The Balaban J connectivity index is 1.61. The van der Waals surface area contributed by atoms with E-state index >= 15 is 0 Å². The van der Waals surface area contributed by atoms with Gasteiger partial charge in [-0.1, -0.05) is 25.0 Å². The van der Waals surface area contributed by atoms with Crippen LogP contribution in [-0.4, -0.2) is 43.8 Å². The third-order valence-electron chi connectivity index (χ3n) is 5.62. The summed E-state index contributed by atoms with van der Waals surface area (Å²) in [4.78, 5) is 33.8. The molecule has 0 unspecified atom stereocenters. The van der Waals surface area contributed by atoms with Crippen LogP contribution >= 0.6 is 0 Å². The minimum absolute atomic E-state index is 0.0683. The standard InChI is InChI=1S/C25H23N5O/c31-25(30-15-7-1-2-8-16-30)18-11-12-19-22(17-18)29-24(21-10-4-6-14-27-21)23(28-19)20-9-3-5-13-26-20/h3-6,9-14,17H,1-2,7-8,15-16H2. The predicted octanol–water partition coefficient (Wildman–Crippen LogP) is 4.77. The summed E-state index contributed by atoms with van der Waals surface area (Å²) in [6.07, 6.45) is 8.00. The van der Waals surface area contributed by atoms with Crippen molar-refractivity contribution in [3.8, 4) is 22.8 Å². The van der Waals surface area contributed by atoms with Crippen molar-refractivity contribution >= 4 is 16.9 Å². The Bertz CT molecular complexity index is 1200. The van der Waals surface area contributed by atoms with Crippen LogP contribution in [0.15, 0.2) is 67.0 Å². The Hall–Kier alpha value is -3.67. The Kier molecular flexibility index (Phi) is 5.35. The highest BCUT2D eigenvalue weighted by Gasteiger charge is 2.19. The van der Waals surface area contributed by atoms with Gasteiger partial charge in [-0.15, -0.1) is 0 Å². The van der Waals surface area contributed by atoms with Crippen LogP contribution in [0, 0.1) is 0 Å². The van der Waals surface area contributed by atoms with E-state index in [9.17, 15) is 4.79 Å². The van der Waals surface area contributed by atoms with Gasteiger partial charge in [0, 0.05) is 31.0 Å². The fraction of sp³-hybridized carbons (Fsp3) is 0.240. The molecule has 0 radical (unpaired) electrons. The van der Waals surface area contributed by atoms with E-state index in [1.54, 1.807) is 12.4 Å². The molecule has 0 bridgehead atoms. The van der Waals surface area contributed by atoms with E-state index in [4.69, 9.17) is 9.97 Å². The van der Waals surface area contributed by atoms with Crippen LogP contribution < -0.4 is 0 Å². The SMILES string of the molecule is O=C(c1ccc2nc(-c3ccccn3)c(-c3ccccn3)nc2c1)N1CCCCCC1. The minimum Gasteiger partial charge on any atom is -0.339 e. The first-order chi connectivity index (χ1) is 15.3. The molecule has 1 saturated heterocycles. The fourth-order valence-electron chi connectivity index (χ4n) is 4.01. The molecule has 4 heterocycles. The van der Waals surface area contributed by atoms with Gasteiger partial charge in [-0.2, -0.15) is 0 Å². The van der Waals surface area contributed by atoms with Gasteiger partial charge in [0.25, 0.3) is 5.91 Å². The lowest BCUT2D eigenvalue weighted by molar-refractivity contribution is 0.0762. The topological polar surface area (TPSA) is 71.9 Å². The number of hydrogen-bond donors (Lipinski definition) is 0. The van der Waals surface area contributed by atoms with Gasteiger partial charge in [0.2, 0.25) is 0 Å². The number of fused-ring (bicyclic) bond motifs is 1. The Morgan fingerprint density at radius 3 is 1.90 bits per heavy atom. The second kappa shape index (κ2) is 8.60. The van der Waals surface area contributed by atoms with E-state index < -0.39 is 0 Å². The van der Waals surface area contributed by atoms with Crippen molar-refractivity contribution in [2.45, 2.75) is 25.7 Å². The number of likely N-dealkylation sites (tertiary alicyclic amines) is 1. The highest BCUT2D eigenvalue weighted by molar-refractivity contribution is 5.98. The summed E-state index contributed by atoms with van der Waals surface area (Å²) in [6, 6.07) is 17.0. The molecule has 6 nitrogen and oxygen atoms in total. The Morgan fingerprint density at radius 2 is 1.32 bits per heavy atom. The molecule has 0 aliphatic carbocycles. The fourth-order valence-corrected chi connectivity index (χ4v) is 4.01. The zero-order valence-corrected chi connectivity index (χ0v) is 17.2. The van der Waals surface area contributed by atoms with Gasteiger partial charge < -0.3 is 4.90 Å². The number of rotatable bonds is 3. The lowest BCUT2D eigenvalue weighted by Gasteiger charge is -2.20. The summed E-state index contributed by atoms with van der Waals surface area (Å²) in [7, 11) is 0. The summed E-state index contributed by atoms with van der Waals surface area (Å²) in [5, 5.41) is 0. The van der Waals surface area contributed by atoms with Gasteiger partial charge in [0.1, 0.15) is 11.4 Å². The Labute approximate surface area is 181 Å². The number of aromatic nitrogens is 4. The van der Waals surface area contributed by atoms with Crippen molar-refractivity contribution in [1.82, 2.24) is 24.8 Å². The monoisotopic (exact) mass is 409 g/mol. The molecule has 154 valence electrons. The molecular weight excluding hydrogens is 386 g/mol. The maximum Gasteiger partial charge on any atom is 0.253 e. The average Bonchev–Trinajstić information content (AvgIpc) is 3.13. The van der Waals surface area contributed by atoms with Crippen LogP contribution in [0.25, 0.3) is 33.8 Å². The molecule has 1 aromatic carbocycles. The molecule has 0 N–H and O–H groups in total. The van der Waals surface area contributed by atoms with E-state index in [1.807, 2.05) is 59.5 Å². The second-order valence-corrected chi connectivity index (χ2v) is 7.76. The summed E-state index contributed by atoms with van der Waals surface area (Å²) in [5.74, 6) is 0.0683.